The van der Waals surface area contributed by atoms with E-state index in [1.807, 2.05) is 13.0 Å². The first-order chi connectivity index (χ1) is 7.92. The third kappa shape index (κ3) is 3.22. The molecule has 0 saturated carbocycles. The van der Waals surface area contributed by atoms with Crippen molar-refractivity contribution in [3.63, 3.8) is 0 Å². The Hall–Kier alpha value is -1.02. The van der Waals surface area contributed by atoms with E-state index in [1.54, 1.807) is 0 Å². The summed E-state index contributed by atoms with van der Waals surface area (Å²) in [5.74, 6) is 0.421. The Morgan fingerprint density at radius 1 is 1.24 bits per heavy atom. The molecule has 0 heterocycles. The summed E-state index contributed by atoms with van der Waals surface area (Å²) in [6.07, 6.45) is 2.63. The van der Waals surface area contributed by atoms with E-state index in [0.717, 1.165) is 30.4 Å². The Morgan fingerprint density at radius 2 is 1.88 bits per heavy atom. The van der Waals surface area contributed by atoms with Gasteiger partial charge in [0.05, 0.1) is 0 Å². The van der Waals surface area contributed by atoms with Gasteiger partial charge < -0.3 is 10.2 Å². The average Bonchev–Trinajstić information content (AvgIpc) is 2.30. The van der Waals surface area contributed by atoms with Gasteiger partial charge in [0.25, 0.3) is 0 Å². The van der Waals surface area contributed by atoms with Crippen LogP contribution in [-0.2, 0) is 11.8 Å². The molecule has 0 fully saturated rings. The molecule has 0 aliphatic rings. The van der Waals surface area contributed by atoms with Crippen molar-refractivity contribution in [3.8, 4) is 5.75 Å². The highest BCUT2D eigenvalue weighted by Crippen LogP contribution is 2.36. The zero-order valence-electron chi connectivity index (χ0n) is 11.4. The van der Waals surface area contributed by atoms with Crippen LogP contribution in [0.15, 0.2) is 12.1 Å². The molecule has 2 nitrogen and oxygen atoms in total. The van der Waals surface area contributed by atoms with Crippen LogP contribution >= 0.6 is 0 Å². The molecule has 0 unspecified atom stereocenters. The first kappa shape index (κ1) is 14.0. The monoisotopic (exact) mass is 236 g/mol. The minimum atomic E-state index is -0.00985. The highest BCUT2D eigenvalue weighted by molar-refractivity contribution is 5.46. The van der Waals surface area contributed by atoms with Crippen molar-refractivity contribution in [2.75, 3.05) is 6.61 Å². The summed E-state index contributed by atoms with van der Waals surface area (Å²) in [5.41, 5.74) is 3.14. The molecule has 0 radical (unpaired) electrons. The summed E-state index contributed by atoms with van der Waals surface area (Å²) < 4.78 is 0. The van der Waals surface area contributed by atoms with E-state index in [9.17, 15) is 5.11 Å². The Kier molecular flexibility index (Phi) is 4.58. The lowest BCUT2D eigenvalue weighted by Gasteiger charge is -2.26. The Labute approximate surface area is 104 Å². The lowest BCUT2D eigenvalue weighted by molar-refractivity contribution is 0.288. The highest BCUT2D eigenvalue weighted by Gasteiger charge is 2.23. The molecule has 1 rings (SSSR count). The van der Waals surface area contributed by atoms with Crippen LogP contribution < -0.4 is 0 Å². The van der Waals surface area contributed by atoms with E-state index in [1.165, 1.54) is 5.56 Å². The van der Waals surface area contributed by atoms with Crippen molar-refractivity contribution >= 4 is 0 Å². The van der Waals surface area contributed by atoms with Crippen molar-refractivity contribution in [1.29, 1.82) is 0 Å². The van der Waals surface area contributed by atoms with Crippen LogP contribution in [0.5, 0.6) is 5.75 Å². The predicted octanol–water partition coefficient (Wildman–Crippen LogP) is 3.31. The second-order valence-electron chi connectivity index (χ2n) is 5.37. The van der Waals surface area contributed by atoms with E-state index in [0.29, 0.717) is 5.75 Å². The Bertz CT molecular complexity index is 381. The SMILES string of the molecule is CCC(C)(C)c1cc(CCCO)cc(C)c1O. The average molecular weight is 236 g/mol. The molecule has 0 spiro atoms. The van der Waals surface area contributed by atoms with Crippen LogP contribution in [0.3, 0.4) is 0 Å². The number of benzene rings is 1. The molecular formula is C15H24O2. The standard InChI is InChI=1S/C15H24O2/c1-5-15(3,4)13-10-12(7-6-8-16)9-11(2)14(13)17/h9-10,16-17H,5-8H2,1-4H3. The van der Waals surface area contributed by atoms with Gasteiger partial charge in [0.15, 0.2) is 0 Å². The number of aryl methyl sites for hydroxylation is 2. The van der Waals surface area contributed by atoms with Crippen LogP contribution in [-0.4, -0.2) is 16.8 Å². The summed E-state index contributed by atoms with van der Waals surface area (Å²) in [7, 11) is 0. The largest absolute Gasteiger partial charge is 0.507 e. The number of phenolic OH excluding ortho intramolecular Hbond substituents is 1. The van der Waals surface area contributed by atoms with E-state index in [2.05, 4.69) is 26.8 Å². The Balaban J connectivity index is 3.15. The molecule has 0 aliphatic heterocycles. The molecule has 0 aromatic heterocycles. The fraction of sp³-hybridized carbons (Fsp3) is 0.600. The summed E-state index contributed by atoms with van der Waals surface area (Å²) in [6, 6.07) is 4.10. The lowest BCUT2D eigenvalue weighted by atomic mass is 9.80. The van der Waals surface area contributed by atoms with Gasteiger partial charge in [-0.15, -0.1) is 0 Å². The fourth-order valence-corrected chi connectivity index (χ4v) is 1.99. The van der Waals surface area contributed by atoms with E-state index in [-0.39, 0.29) is 12.0 Å². The van der Waals surface area contributed by atoms with Gasteiger partial charge >= 0.3 is 0 Å². The summed E-state index contributed by atoms with van der Waals surface area (Å²) >= 11 is 0. The molecule has 2 N–H and O–H groups in total. The van der Waals surface area contributed by atoms with Crippen molar-refractivity contribution in [3.05, 3.63) is 28.8 Å². The van der Waals surface area contributed by atoms with Gasteiger partial charge in [-0.1, -0.05) is 32.9 Å². The van der Waals surface area contributed by atoms with Gasteiger partial charge in [-0.3, -0.25) is 0 Å². The molecule has 0 atom stereocenters. The van der Waals surface area contributed by atoms with Crippen LogP contribution in [0.1, 0.15) is 50.3 Å². The first-order valence-electron chi connectivity index (χ1n) is 6.36. The van der Waals surface area contributed by atoms with Crippen molar-refractivity contribution < 1.29 is 10.2 Å². The van der Waals surface area contributed by atoms with Crippen LogP contribution in [0.2, 0.25) is 0 Å². The van der Waals surface area contributed by atoms with Gasteiger partial charge in [-0.25, -0.2) is 0 Å². The van der Waals surface area contributed by atoms with E-state index >= 15 is 0 Å². The minimum Gasteiger partial charge on any atom is -0.507 e. The molecule has 2 heteroatoms. The quantitative estimate of drug-likeness (QED) is 0.823. The maximum absolute atomic E-state index is 10.2. The zero-order valence-corrected chi connectivity index (χ0v) is 11.4. The number of rotatable bonds is 5. The molecular weight excluding hydrogens is 212 g/mol. The summed E-state index contributed by atoms with van der Waals surface area (Å²) in [5, 5.41) is 19.0. The molecule has 0 saturated heterocycles. The van der Waals surface area contributed by atoms with Crippen molar-refractivity contribution in [2.24, 2.45) is 0 Å². The number of phenols is 1. The number of aliphatic hydroxyl groups excluding tert-OH is 1. The third-order valence-electron chi connectivity index (χ3n) is 3.60. The van der Waals surface area contributed by atoms with E-state index in [4.69, 9.17) is 5.11 Å². The fourth-order valence-electron chi connectivity index (χ4n) is 1.99. The minimum absolute atomic E-state index is 0.00985. The first-order valence-corrected chi connectivity index (χ1v) is 6.36. The molecule has 96 valence electrons. The smallest absolute Gasteiger partial charge is 0.122 e. The van der Waals surface area contributed by atoms with Gasteiger partial charge in [0.2, 0.25) is 0 Å². The number of hydrogen-bond acceptors (Lipinski definition) is 2. The number of hydrogen-bond donors (Lipinski definition) is 2. The lowest BCUT2D eigenvalue weighted by Crippen LogP contribution is -2.16. The van der Waals surface area contributed by atoms with Crippen molar-refractivity contribution in [2.45, 2.75) is 52.4 Å². The highest BCUT2D eigenvalue weighted by atomic mass is 16.3. The van der Waals surface area contributed by atoms with Gasteiger partial charge in [-0.05, 0) is 42.7 Å². The predicted molar refractivity (Wildman–Crippen MR) is 71.6 cm³/mol. The maximum Gasteiger partial charge on any atom is 0.122 e. The third-order valence-corrected chi connectivity index (χ3v) is 3.60. The second-order valence-corrected chi connectivity index (χ2v) is 5.37. The van der Waals surface area contributed by atoms with Crippen LogP contribution in [0, 0.1) is 6.92 Å². The Morgan fingerprint density at radius 3 is 2.41 bits per heavy atom. The van der Waals surface area contributed by atoms with Crippen LogP contribution in [0.25, 0.3) is 0 Å². The normalized spacial score (nSPS) is 11.8. The molecule has 0 amide bonds. The molecule has 1 aromatic rings. The topological polar surface area (TPSA) is 40.5 Å². The molecule has 1 aromatic carbocycles. The molecule has 0 bridgehead atoms. The van der Waals surface area contributed by atoms with Gasteiger partial charge in [-0.2, -0.15) is 0 Å². The maximum atomic E-state index is 10.2. The summed E-state index contributed by atoms with van der Waals surface area (Å²) in [4.78, 5) is 0. The summed E-state index contributed by atoms with van der Waals surface area (Å²) in [6.45, 7) is 8.59. The van der Waals surface area contributed by atoms with Gasteiger partial charge in [0.1, 0.15) is 5.75 Å². The second kappa shape index (κ2) is 5.54. The van der Waals surface area contributed by atoms with E-state index < -0.39 is 0 Å². The zero-order chi connectivity index (χ0) is 13.1. The number of aromatic hydroxyl groups is 1. The van der Waals surface area contributed by atoms with Gasteiger partial charge in [0, 0.05) is 12.2 Å². The number of aliphatic hydroxyl groups is 1. The van der Waals surface area contributed by atoms with Crippen molar-refractivity contribution in [1.82, 2.24) is 0 Å². The molecule has 0 aliphatic carbocycles. The molecule has 17 heavy (non-hydrogen) atoms. The van der Waals surface area contributed by atoms with Crippen LogP contribution in [0.4, 0.5) is 0 Å².